The fourth-order valence-corrected chi connectivity index (χ4v) is 3.22. The van der Waals surface area contributed by atoms with Crippen LogP contribution in [-0.2, 0) is 7.05 Å². The van der Waals surface area contributed by atoms with Gasteiger partial charge >= 0.3 is 0 Å². The molecule has 0 unspecified atom stereocenters. The number of anilines is 1. The summed E-state index contributed by atoms with van der Waals surface area (Å²) in [7, 11) is 1.83. The molecule has 4 aromatic heterocycles. The topological polar surface area (TPSA) is 99.8 Å². The lowest BCUT2D eigenvalue weighted by Crippen LogP contribution is -2.00. The SMILES string of the molecule is Cn1cc(-c2ccc3nc(N)c(-c4ncccn4)n3n2)c(-c2ccc(F)cc2)n1. The van der Waals surface area contributed by atoms with Gasteiger partial charge in [0, 0.05) is 36.8 Å². The third kappa shape index (κ3) is 2.89. The number of fused-ring (bicyclic) bond motifs is 1. The number of nitrogen functional groups attached to an aromatic ring is 1. The molecule has 29 heavy (non-hydrogen) atoms. The van der Waals surface area contributed by atoms with Gasteiger partial charge in [0.2, 0.25) is 0 Å². The van der Waals surface area contributed by atoms with Gasteiger partial charge in [-0.3, -0.25) is 4.68 Å². The van der Waals surface area contributed by atoms with E-state index in [1.165, 1.54) is 12.1 Å². The number of benzene rings is 1. The number of rotatable bonds is 3. The van der Waals surface area contributed by atoms with E-state index in [0.29, 0.717) is 34.4 Å². The molecule has 0 aliphatic heterocycles. The van der Waals surface area contributed by atoms with Crippen molar-refractivity contribution in [1.82, 2.24) is 34.3 Å². The first-order valence-electron chi connectivity index (χ1n) is 8.83. The van der Waals surface area contributed by atoms with Crippen LogP contribution in [0.25, 0.3) is 39.7 Å². The molecule has 0 amide bonds. The van der Waals surface area contributed by atoms with Crippen LogP contribution >= 0.6 is 0 Å². The summed E-state index contributed by atoms with van der Waals surface area (Å²) in [6.07, 6.45) is 5.14. The second-order valence-corrected chi connectivity index (χ2v) is 6.48. The molecule has 0 atom stereocenters. The molecule has 0 spiro atoms. The van der Waals surface area contributed by atoms with E-state index in [4.69, 9.17) is 10.8 Å². The van der Waals surface area contributed by atoms with Crippen molar-refractivity contribution in [3.63, 3.8) is 0 Å². The van der Waals surface area contributed by atoms with Crippen molar-refractivity contribution < 1.29 is 4.39 Å². The van der Waals surface area contributed by atoms with Crippen LogP contribution in [0.1, 0.15) is 0 Å². The summed E-state index contributed by atoms with van der Waals surface area (Å²) in [5, 5.41) is 9.26. The molecule has 4 heterocycles. The summed E-state index contributed by atoms with van der Waals surface area (Å²) >= 11 is 0. The summed E-state index contributed by atoms with van der Waals surface area (Å²) in [5.41, 5.74) is 10.2. The van der Waals surface area contributed by atoms with Gasteiger partial charge in [0.1, 0.15) is 11.5 Å². The van der Waals surface area contributed by atoms with Crippen LogP contribution in [0.5, 0.6) is 0 Å². The lowest BCUT2D eigenvalue weighted by atomic mass is 10.1. The molecule has 0 saturated carbocycles. The molecule has 0 aliphatic carbocycles. The zero-order valence-corrected chi connectivity index (χ0v) is 15.4. The second kappa shape index (κ2) is 6.48. The Hall–Kier alpha value is -4.14. The van der Waals surface area contributed by atoms with E-state index < -0.39 is 0 Å². The molecule has 5 aromatic rings. The summed E-state index contributed by atoms with van der Waals surface area (Å²) in [5.74, 6) is 0.435. The summed E-state index contributed by atoms with van der Waals surface area (Å²) in [6.45, 7) is 0. The van der Waals surface area contributed by atoms with Crippen LogP contribution in [0.3, 0.4) is 0 Å². The molecular weight excluding hydrogens is 371 g/mol. The largest absolute Gasteiger partial charge is 0.382 e. The van der Waals surface area contributed by atoms with E-state index in [1.54, 1.807) is 39.8 Å². The van der Waals surface area contributed by atoms with Crippen molar-refractivity contribution in [3.8, 4) is 34.0 Å². The van der Waals surface area contributed by atoms with E-state index >= 15 is 0 Å². The number of hydrogen-bond donors (Lipinski definition) is 1. The van der Waals surface area contributed by atoms with Gasteiger partial charge in [-0.25, -0.2) is 23.9 Å². The minimum atomic E-state index is -0.299. The standard InChI is InChI=1S/C20H15FN8/c1-28-11-14(17(27-28)12-3-5-13(21)6-4-12)15-7-8-16-25-19(22)18(29(16)26-15)20-23-9-2-10-24-20/h2-11H,22H2,1H3. The fourth-order valence-electron chi connectivity index (χ4n) is 3.22. The Morgan fingerprint density at radius 3 is 2.48 bits per heavy atom. The molecule has 1 aromatic carbocycles. The van der Waals surface area contributed by atoms with Crippen LogP contribution in [0, 0.1) is 5.82 Å². The maximum Gasteiger partial charge on any atom is 0.182 e. The van der Waals surface area contributed by atoms with Gasteiger partial charge in [-0.05, 0) is 42.5 Å². The normalized spacial score (nSPS) is 11.2. The highest BCUT2D eigenvalue weighted by Crippen LogP contribution is 2.31. The predicted octanol–water partition coefficient (Wildman–Crippen LogP) is 2.98. The third-order valence-corrected chi connectivity index (χ3v) is 4.50. The minimum Gasteiger partial charge on any atom is -0.382 e. The zero-order chi connectivity index (χ0) is 20.0. The highest BCUT2D eigenvalue weighted by atomic mass is 19.1. The first-order valence-corrected chi connectivity index (χ1v) is 8.83. The Balaban J connectivity index is 1.70. The van der Waals surface area contributed by atoms with Crippen molar-refractivity contribution in [1.29, 1.82) is 0 Å². The van der Waals surface area contributed by atoms with Crippen LogP contribution in [0.15, 0.2) is 61.1 Å². The highest BCUT2D eigenvalue weighted by Gasteiger charge is 2.18. The molecule has 142 valence electrons. The van der Waals surface area contributed by atoms with E-state index in [2.05, 4.69) is 20.1 Å². The van der Waals surface area contributed by atoms with Crippen LogP contribution < -0.4 is 5.73 Å². The van der Waals surface area contributed by atoms with Gasteiger partial charge < -0.3 is 5.73 Å². The Bertz CT molecular complexity index is 1320. The van der Waals surface area contributed by atoms with Crippen molar-refractivity contribution in [2.75, 3.05) is 5.73 Å². The summed E-state index contributed by atoms with van der Waals surface area (Å²) in [6, 6.07) is 11.6. The van der Waals surface area contributed by atoms with Crippen molar-refractivity contribution in [2.45, 2.75) is 0 Å². The van der Waals surface area contributed by atoms with Crippen LogP contribution in [0.4, 0.5) is 10.2 Å². The van der Waals surface area contributed by atoms with Crippen LogP contribution in [-0.4, -0.2) is 34.3 Å². The van der Waals surface area contributed by atoms with Gasteiger partial charge in [0.05, 0.1) is 5.69 Å². The average Bonchev–Trinajstić information content (AvgIpc) is 3.27. The van der Waals surface area contributed by atoms with Crippen molar-refractivity contribution >= 4 is 11.5 Å². The Morgan fingerprint density at radius 1 is 0.966 bits per heavy atom. The van der Waals surface area contributed by atoms with Gasteiger partial charge in [-0.2, -0.15) is 10.2 Å². The highest BCUT2D eigenvalue weighted by molar-refractivity contribution is 5.79. The molecule has 9 heteroatoms. The van der Waals surface area contributed by atoms with Gasteiger partial charge in [-0.1, -0.05) is 0 Å². The summed E-state index contributed by atoms with van der Waals surface area (Å²) < 4.78 is 16.7. The molecule has 0 bridgehead atoms. The zero-order valence-electron chi connectivity index (χ0n) is 15.4. The molecule has 0 saturated heterocycles. The molecule has 0 fully saturated rings. The third-order valence-electron chi connectivity index (χ3n) is 4.50. The van der Waals surface area contributed by atoms with Crippen molar-refractivity contribution in [3.05, 3.63) is 66.9 Å². The molecular formula is C20H15FN8. The number of nitrogens with two attached hydrogens (primary N) is 1. The first kappa shape index (κ1) is 17.0. The van der Waals surface area contributed by atoms with E-state index in [0.717, 1.165) is 11.1 Å². The number of nitrogens with zero attached hydrogens (tertiary/aromatic N) is 7. The summed E-state index contributed by atoms with van der Waals surface area (Å²) in [4.78, 5) is 12.9. The Kier molecular flexibility index (Phi) is 3.80. The number of aromatic nitrogens is 7. The predicted molar refractivity (Wildman–Crippen MR) is 106 cm³/mol. The number of halogens is 1. The maximum absolute atomic E-state index is 13.3. The number of imidazole rings is 1. The second-order valence-electron chi connectivity index (χ2n) is 6.48. The molecule has 0 aliphatic rings. The molecule has 8 nitrogen and oxygen atoms in total. The maximum atomic E-state index is 13.3. The smallest absolute Gasteiger partial charge is 0.182 e. The monoisotopic (exact) mass is 386 g/mol. The average molecular weight is 386 g/mol. The number of hydrogen-bond acceptors (Lipinski definition) is 6. The molecule has 5 rings (SSSR count). The van der Waals surface area contributed by atoms with Crippen molar-refractivity contribution in [2.24, 2.45) is 7.05 Å². The Morgan fingerprint density at radius 2 is 1.72 bits per heavy atom. The quantitative estimate of drug-likeness (QED) is 0.512. The lowest BCUT2D eigenvalue weighted by molar-refractivity contribution is 0.628. The number of aryl methyl sites for hydroxylation is 1. The van der Waals surface area contributed by atoms with E-state index in [9.17, 15) is 4.39 Å². The minimum absolute atomic E-state index is 0.297. The van der Waals surface area contributed by atoms with E-state index in [-0.39, 0.29) is 5.82 Å². The molecule has 0 radical (unpaired) electrons. The van der Waals surface area contributed by atoms with Crippen LogP contribution in [0.2, 0.25) is 0 Å². The van der Waals surface area contributed by atoms with E-state index in [1.807, 2.05) is 25.4 Å². The van der Waals surface area contributed by atoms with Gasteiger partial charge in [-0.15, -0.1) is 0 Å². The fraction of sp³-hybridized carbons (Fsp3) is 0.0500. The first-order chi connectivity index (χ1) is 14.1. The van der Waals surface area contributed by atoms with Gasteiger partial charge in [0.15, 0.2) is 23.0 Å². The molecule has 2 N–H and O–H groups in total. The Labute approximate surface area is 164 Å². The van der Waals surface area contributed by atoms with Gasteiger partial charge in [0.25, 0.3) is 0 Å². The lowest BCUT2D eigenvalue weighted by Gasteiger charge is -2.05.